The van der Waals surface area contributed by atoms with Crippen LogP contribution in [0.15, 0.2) is 60.8 Å². The predicted octanol–water partition coefficient (Wildman–Crippen LogP) is 5.46. The molecule has 33 heavy (non-hydrogen) atoms. The summed E-state index contributed by atoms with van der Waals surface area (Å²) in [6.07, 6.45) is -2.72. The number of fused-ring (bicyclic) bond motifs is 1. The number of halogens is 3. The zero-order valence-corrected chi connectivity index (χ0v) is 17.8. The Bertz CT molecular complexity index is 1370. The molecule has 0 amide bonds. The molecule has 5 nitrogen and oxygen atoms in total. The summed E-state index contributed by atoms with van der Waals surface area (Å²) >= 11 is 0. The Hall–Kier alpha value is -4.12. The van der Waals surface area contributed by atoms with Crippen LogP contribution in [-0.4, -0.2) is 28.7 Å². The fourth-order valence-corrected chi connectivity index (χ4v) is 3.07. The monoisotopic (exact) mass is 449 g/mol. The van der Waals surface area contributed by atoms with Gasteiger partial charge in [0.15, 0.2) is 17.3 Å². The van der Waals surface area contributed by atoms with Crippen molar-refractivity contribution >= 4 is 10.9 Å². The van der Waals surface area contributed by atoms with Crippen LogP contribution in [0.1, 0.15) is 16.8 Å². The highest BCUT2D eigenvalue weighted by molar-refractivity contribution is 5.79. The second-order valence-electron chi connectivity index (χ2n) is 7.07. The van der Waals surface area contributed by atoms with E-state index in [0.29, 0.717) is 17.2 Å². The molecule has 0 atom stereocenters. The minimum absolute atomic E-state index is 0.0172. The first kappa shape index (κ1) is 22.1. The van der Waals surface area contributed by atoms with Crippen molar-refractivity contribution in [2.45, 2.75) is 13.1 Å². The number of aromatic nitrogens is 3. The van der Waals surface area contributed by atoms with Crippen molar-refractivity contribution in [3.8, 4) is 34.9 Å². The Morgan fingerprint density at radius 3 is 2.58 bits per heavy atom. The molecule has 0 N–H and O–H groups in total. The lowest BCUT2D eigenvalue weighted by molar-refractivity contribution is -0.137. The van der Waals surface area contributed by atoms with Gasteiger partial charge in [-0.1, -0.05) is 30.2 Å². The van der Waals surface area contributed by atoms with Crippen molar-refractivity contribution in [1.82, 2.24) is 15.0 Å². The van der Waals surface area contributed by atoms with Gasteiger partial charge in [-0.15, -0.1) is 0 Å². The van der Waals surface area contributed by atoms with Crippen molar-refractivity contribution in [3.63, 3.8) is 0 Å². The van der Waals surface area contributed by atoms with E-state index in [2.05, 4.69) is 26.8 Å². The van der Waals surface area contributed by atoms with Crippen LogP contribution in [0.5, 0.6) is 11.5 Å². The highest BCUT2D eigenvalue weighted by Gasteiger charge is 2.31. The third-order valence-corrected chi connectivity index (χ3v) is 4.81. The van der Waals surface area contributed by atoms with Crippen molar-refractivity contribution in [2.24, 2.45) is 0 Å². The number of benzene rings is 2. The smallest absolute Gasteiger partial charge is 0.416 e. The van der Waals surface area contributed by atoms with Gasteiger partial charge in [-0.25, -0.2) is 15.0 Å². The fourth-order valence-electron chi connectivity index (χ4n) is 3.07. The highest BCUT2D eigenvalue weighted by atomic mass is 19.4. The lowest BCUT2D eigenvalue weighted by Crippen LogP contribution is -2.06. The maximum atomic E-state index is 12.9. The second-order valence-corrected chi connectivity index (χ2v) is 7.07. The second kappa shape index (κ2) is 9.17. The number of para-hydroxylation sites is 1. The van der Waals surface area contributed by atoms with Crippen LogP contribution in [0.2, 0.25) is 0 Å². The van der Waals surface area contributed by atoms with Crippen molar-refractivity contribution in [2.75, 3.05) is 13.7 Å². The lowest BCUT2D eigenvalue weighted by Gasteiger charge is -2.12. The van der Waals surface area contributed by atoms with Gasteiger partial charge in [0.2, 0.25) is 0 Å². The first-order valence-corrected chi connectivity index (χ1v) is 9.92. The van der Waals surface area contributed by atoms with Gasteiger partial charge in [-0.05, 0) is 48.7 Å². The standard InChI is InChI=1S/C25H18F3N3O2/c1-16-9-11-21(24-29-15-17-6-3-4-7-20(17)31-24)30-19(16)8-5-13-33-22-12-10-18(25(26,27)28)14-23(22)32-2/h3-4,6-7,9-12,14-15H,13H2,1-2H3. The molecule has 0 aliphatic heterocycles. The first-order chi connectivity index (χ1) is 15.8. The number of aryl methyl sites for hydroxylation is 1. The normalized spacial score (nSPS) is 11.1. The van der Waals surface area contributed by atoms with E-state index in [1.165, 1.54) is 13.2 Å². The number of hydrogen-bond acceptors (Lipinski definition) is 5. The Labute approximate surface area is 188 Å². The van der Waals surface area contributed by atoms with E-state index in [1.54, 1.807) is 6.20 Å². The summed E-state index contributed by atoms with van der Waals surface area (Å²) in [7, 11) is 1.28. The van der Waals surface area contributed by atoms with Gasteiger partial charge in [-0.3, -0.25) is 0 Å². The average molecular weight is 449 g/mol. The van der Waals surface area contributed by atoms with Crippen molar-refractivity contribution < 1.29 is 22.6 Å². The number of methoxy groups -OCH3 is 1. The lowest BCUT2D eigenvalue weighted by atomic mass is 10.2. The van der Waals surface area contributed by atoms with Gasteiger partial charge in [-0.2, -0.15) is 13.2 Å². The predicted molar refractivity (Wildman–Crippen MR) is 118 cm³/mol. The topological polar surface area (TPSA) is 57.1 Å². The molecule has 2 aromatic heterocycles. The molecule has 4 aromatic rings. The molecule has 0 fully saturated rings. The van der Waals surface area contributed by atoms with E-state index in [0.717, 1.165) is 28.6 Å². The van der Waals surface area contributed by atoms with Gasteiger partial charge >= 0.3 is 6.18 Å². The number of alkyl halides is 3. The molecule has 8 heteroatoms. The molecule has 0 bridgehead atoms. The number of rotatable bonds is 4. The van der Waals surface area contributed by atoms with E-state index in [4.69, 9.17) is 9.47 Å². The number of nitrogens with zero attached hydrogens (tertiary/aromatic N) is 3. The van der Waals surface area contributed by atoms with E-state index < -0.39 is 11.7 Å². The summed E-state index contributed by atoms with van der Waals surface area (Å²) in [6.45, 7) is 1.82. The molecular formula is C25H18F3N3O2. The molecule has 4 rings (SSSR count). The Balaban J connectivity index is 1.52. The zero-order valence-electron chi connectivity index (χ0n) is 17.8. The minimum Gasteiger partial charge on any atom is -0.493 e. The number of hydrogen-bond donors (Lipinski definition) is 0. The zero-order chi connectivity index (χ0) is 23.4. The van der Waals surface area contributed by atoms with Gasteiger partial charge in [0.1, 0.15) is 18.0 Å². The first-order valence-electron chi connectivity index (χ1n) is 9.92. The van der Waals surface area contributed by atoms with Crippen LogP contribution in [-0.2, 0) is 6.18 Å². The van der Waals surface area contributed by atoms with Crippen LogP contribution in [0.3, 0.4) is 0 Å². The maximum absolute atomic E-state index is 12.9. The van der Waals surface area contributed by atoms with Gasteiger partial charge < -0.3 is 9.47 Å². The maximum Gasteiger partial charge on any atom is 0.416 e. The van der Waals surface area contributed by atoms with E-state index in [-0.39, 0.29) is 18.1 Å². The summed E-state index contributed by atoms with van der Waals surface area (Å²) in [5.74, 6) is 6.42. The molecule has 2 heterocycles. The summed E-state index contributed by atoms with van der Waals surface area (Å²) in [4.78, 5) is 13.5. The molecule has 0 spiro atoms. The Kier molecular flexibility index (Phi) is 6.13. The van der Waals surface area contributed by atoms with Crippen LogP contribution < -0.4 is 9.47 Å². The van der Waals surface area contributed by atoms with Crippen molar-refractivity contribution in [3.05, 3.63) is 77.6 Å². The van der Waals surface area contributed by atoms with Gasteiger partial charge in [0.05, 0.1) is 18.2 Å². The number of ether oxygens (including phenoxy) is 2. The summed E-state index contributed by atoms with van der Waals surface area (Å²) < 4.78 is 49.1. The minimum atomic E-state index is -4.46. The molecule has 0 radical (unpaired) electrons. The summed E-state index contributed by atoms with van der Waals surface area (Å²) in [5.41, 5.74) is 1.98. The molecule has 0 saturated heterocycles. The van der Waals surface area contributed by atoms with Crippen LogP contribution in [0, 0.1) is 18.8 Å². The SMILES string of the molecule is COc1cc(C(F)(F)F)ccc1OCC#Cc1nc(-c2ncc3ccccc3n2)ccc1C. The molecule has 0 saturated carbocycles. The largest absolute Gasteiger partial charge is 0.493 e. The third-order valence-electron chi connectivity index (χ3n) is 4.81. The quantitative estimate of drug-likeness (QED) is 0.388. The molecular weight excluding hydrogens is 431 g/mol. The van der Waals surface area contributed by atoms with Crippen molar-refractivity contribution in [1.29, 1.82) is 0 Å². The summed E-state index contributed by atoms with van der Waals surface area (Å²) in [5, 5.41) is 0.934. The molecule has 0 aliphatic carbocycles. The molecule has 166 valence electrons. The van der Waals surface area contributed by atoms with Gasteiger partial charge in [0.25, 0.3) is 0 Å². The fraction of sp³-hybridized carbons (Fsp3) is 0.160. The molecule has 2 aromatic carbocycles. The Morgan fingerprint density at radius 1 is 0.970 bits per heavy atom. The molecule has 0 aliphatic rings. The highest BCUT2D eigenvalue weighted by Crippen LogP contribution is 2.36. The summed E-state index contributed by atoms with van der Waals surface area (Å²) in [6, 6.07) is 14.4. The van der Waals surface area contributed by atoms with Crippen LogP contribution in [0.4, 0.5) is 13.2 Å². The van der Waals surface area contributed by atoms with Gasteiger partial charge in [0, 0.05) is 11.6 Å². The van der Waals surface area contributed by atoms with Crippen LogP contribution >= 0.6 is 0 Å². The van der Waals surface area contributed by atoms with Crippen LogP contribution in [0.25, 0.3) is 22.4 Å². The average Bonchev–Trinajstić information content (AvgIpc) is 2.82. The van der Waals surface area contributed by atoms with E-state index in [9.17, 15) is 13.2 Å². The van der Waals surface area contributed by atoms with E-state index in [1.807, 2.05) is 43.3 Å². The number of pyridine rings is 1. The van der Waals surface area contributed by atoms with E-state index >= 15 is 0 Å². The molecule has 0 unspecified atom stereocenters. The Morgan fingerprint density at radius 2 is 1.79 bits per heavy atom. The third kappa shape index (κ3) is 5.04.